The molecule has 0 aliphatic heterocycles. The maximum atomic E-state index is 3.55. The van der Waals surface area contributed by atoms with Gasteiger partial charge in [-0.15, -0.1) is 11.8 Å². The summed E-state index contributed by atoms with van der Waals surface area (Å²) in [6.45, 7) is 5.51. The molecule has 1 N–H and O–H groups in total. The highest BCUT2D eigenvalue weighted by atomic mass is 127. The fraction of sp³-hybridized carbons (Fsp3) is 0.333. The lowest BCUT2D eigenvalue weighted by atomic mass is 10.1. The zero-order valence-electron chi connectivity index (χ0n) is 12.6. The maximum Gasteiger partial charge on any atom is 0.0292 e. The Morgan fingerprint density at radius 2 is 1.90 bits per heavy atom. The third-order valence-corrected chi connectivity index (χ3v) is 5.16. The Bertz CT molecular complexity index is 553. The third-order valence-electron chi connectivity index (χ3n) is 3.38. The van der Waals surface area contributed by atoms with Gasteiger partial charge in [0, 0.05) is 20.3 Å². The van der Waals surface area contributed by atoms with Crippen LogP contribution >= 0.6 is 34.4 Å². The van der Waals surface area contributed by atoms with E-state index in [4.69, 9.17) is 0 Å². The number of benzene rings is 2. The fourth-order valence-corrected chi connectivity index (χ4v) is 3.38. The summed E-state index contributed by atoms with van der Waals surface area (Å²) >= 11 is 4.25. The SMILES string of the molecule is CCCNC(C)c1cccc(SCc2ccc(I)cc2)c1. The van der Waals surface area contributed by atoms with E-state index >= 15 is 0 Å². The van der Waals surface area contributed by atoms with Crippen LogP contribution in [-0.4, -0.2) is 6.54 Å². The highest BCUT2D eigenvalue weighted by Gasteiger charge is 2.05. The highest BCUT2D eigenvalue weighted by Crippen LogP contribution is 2.25. The van der Waals surface area contributed by atoms with Crippen molar-refractivity contribution in [1.29, 1.82) is 0 Å². The number of halogens is 1. The Hall–Kier alpha value is -0.520. The molecule has 2 rings (SSSR count). The van der Waals surface area contributed by atoms with Crippen LogP contribution in [0.2, 0.25) is 0 Å². The molecule has 1 atom stereocenters. The van der Waals surface area contributed by atoms with E-state index in [9.17, 15) is 0 Å². The first-order valence-electron chi connectivity index (χ1n) is 7.39. The van der Waals surface area contributed by atoms with Crippen LogP contribution in [0.3, 0.4) is 0 Å². The number of nitrogens with one attached hydrogen (secondary N) is 1. The molecule has 2 aromatic rings. The second-order valence-corrected chi connectivity index (χ2v) is 7.46. The molecule has 0 heterocycles. The summed E-state index contributed by atoms with van der Waals surface area (Å²) in [7, 11) is 0. The van der Waals surface area contributed by atoms with E-state index in [1.807, 2.05) is 11.8 Å². The van der Waals surface area contributed by atoms with Gasteiger partial charge in [0.15, 0.2) is 0 Å². The minimum atomic E-state index is 0.420. The third kappa shape index (κ3) is 5.64. The van der Waals surface area contributed by atoms with Gasteiger partial charge < -0.3 is 5.32 Å². The average molecular weight is 411 g/mol. The number of hydrogen-bond donors (Lipinski definition) is 1. The van der Waals surface area contributed by atoms with Gasteiger partial charge in [0.25, 0.3) is 0 Å². The molecule has 3 heteroatoms. The van der Waals surface area contributed by atoms with Crippen LogP contribution in [0.5, 0.6) is 0 Å². The van der Waals surface area contributed by atoms with Crippen LogP contribution in [0.4, 0.5) is 0 Å². The first-order valence-corrected chi connectivity index (χ1v) is 9.46. The topological polar surface area (TPSA) is 12.0 Å². The van der Waals surface area contributed by atoms with Crippen molar-refractivity contribution in [2.45, 2.75) is 37.0 Å². The standard InChI is InChI=1S/C18H22INS/c1-3-11-20-14(2)16-5-4-6-18(12-16)21-13-15-7-9-17(19)10-8-15/h4-10,12,14,20H,3,11,13H2,1-2H3. The normalized spacial score (nSPS) is 12.3. The zero-order valence-corrected chi connectivity index (χ0v) is 15.6. The van der Waals surface area contributed by atoms with Crippen LogP contribution in [0, 0.1) is 3.57 Å². The van der Waals surface area contributed by atoms with E-state index in [1.165, 1.54) is 26.0 Å². The number of hydrogen-bond acceptors (Lipinski definition) is 2. The first-order chi connectivity index (χ1) is 10.2. The van der Waals surface area contributed by atoms with Gasteiger partial charge >= 0.3 is 0 Å². The first kappa shape index (κ1) is 16.8. The Balaban J connectivity index is 1.95. The lowest BCUT2D eigenvalue weighted by Gasteiger charge is -2.14. The molecule has 0 saturated carbocycles. The van der Waals surface area contributed by atoms with Gasteiger partial charge in [-0.25, -0.2) is 0 Å². The molecular weight excluding hydrogens is 389 g/mol. The summed E-state index contributed by atoms with van der Waals surface area (Å²) < 4.78 is 1.29. The quantitative estimate of drug-likeness (QED) is 0.467. The molecule has 0 aliphatic carbocycles. The fourth-order valence-electron chi connectivity index (χ4n) is 2.10. The minimum Gasteiger partial charge on any atom is -0.310 e. The Morgan fingerprint density at radius 1 is 1.14 bits per heavy atom. The summed E-state index contributed by atoms with van der Waals surface area (Å²) in [6, 6.07) is 18.1. The van der Waals surface area contributed by atoms with Crippen LogP contribution < -0.4 is 5.32 Å². The van der Waals surface area contributed by atoms with E-state index < -0.39 is 0 Å². The lowest BCUT2D eigenvalue weighted by Crippen LogP contribution is -2.19. The van der Waals surface area contributed by atoms with Crippen molar-refractivity contribution in [1.82, 2.24) is 5.32 Å². The van der Waals surface area contributed by atoms with Crippen LogP contribution in [0.15, 0.2) is 53.4 Å². The summed E-state index contributed by atoms with van der Waals surface area (Å²) in [6.07, 6.45) is 1.17. The van der Waals surface area contributed by atoms with Gasteiger partial charge in [-0.05, 0) is 77.9 Å². The van der Waals surface area contributed by atoms with Crippen molar-refractivity contribution in [2.24, 2.45) is 0 Å². The van der Waals surface area contributed by atoms with E-state index in [0.717, 1.165) is 12.3 Å². The number of thioether (sulfide) groups is 1. The molecule has 0 amide bonds. The Labute approximate surface area is 146 Å². The van der Waals surface area contributed by atoms with E-state index in [-0.39, 0.29) is 0 Å². The van der Waals surface area contributed by atoms with Gasteiger partial charge in [-0.3, -0.25) is 0 Å². The molecule has 112 valence electrons. The van der Waals surface area contributed by atoms with E-state index in [2.05, 4.69) is 90.3 Å². The molecule has 1 nitrogen and oxygen atoms in total. The van der Waals surface area contributed by atoms with Gasteiger partial charge in [-0.2, -0.15) is 0 Å². The predicted octanol–water partition coefficient (Wildman–Crippen LogP) is 5.64. The minimum absolute atomic E-state index is 0.420. The largest absolute Gasteiger partial charge is 0.310 e. The molecule has 0 aromatic heterocycles. The Kier molecular flexibility index (Phi) is 7.07. The molecule has 0 bridgehead atoms. The summed E-state index contributed by atoms with van der Waals surface area (Å²) in [4.78, 5) is 1.34. The molecule has 21 heavy (non-hydrogen) atoms. The molecule has 0 saturated heterocycles. The van der Waals surface area contributed by atoms with Crippen molar-refractivity contribution < 1.29 is 0 Å². The molecular formula is C18H22INS. The maximum absolute atomic E-state index is 3.55. The molecule has 1 unspecified atom stereocenters. The average Bonchev–Trinajstić information content (AvgIpc) is 2.52. The van der Waals surface area contributed by atoms with Crippen LogP contribution in [0.25, 0.3) is 0 Å². The van der Waals surface area contributed by atoms with E-state index in [0.29, 0.717) is 6.04 Å². The van der Waals surface area contributed by atoms with Crippen LogP contribution in [-0.2, 0) is 5.75 Å². The monoisotopic (exact) mass is 411 g/mol. The van der Waals surface area contributed by atoms with Gasteiger partial charge in [0.2, 0.25) is 0 Å². The summed E-state index contributed by atoms with van der Waals surface area (Å²) in [5, 5.41) is 3.55. The van der Waals surface area contributed by atoms with Crippen molar-refractivity contribution in [3.05, 3.63) is 63.2 Å². The lowest BCUT2D eigenvalue weighted by molar-refractivity contribution is 0.570. The molecule has 0 radical (unpaired) electrons. The smallest absolute Gasteiger partial charge is 0.0292 e. The summed E-state index contributed by atoms with van der Waals surface area (Å²) in [5.41, 5.74) is 2.75. The zero-order chi connectivity index (χ0) is 15.1. The van der Waals surface area contributed by atoms with Gasteiger partial charge in [-0.1, -0.05) is 31.2 Å². The molecule has 0 aliphatic rings. The summed E-state index contributed by atoms with van der Waals surface area (Å²) in [5.74, 6) is 1.02. The molecule has 0 spiro atoms. The van der Waals surface area contributed by atoms with Gasteiger partial charge in [0.1, 0.15) is 0 Å². The predicted molar refractivity (Wildman–Crippen MR) is 102 cm³/mol. The van der Waals surface area contributed by atoms with Crippen molar-refractivity contribution in [3.8, 4) is 0 Å². The highest BCUT2D eigenvalue weighted by molar-refractivity contribution is 14.1. The van der Waals surface area contributed by atoms with Crippen molar-refractivity contribution >= 4 is 34.4 Å². The second kappa shape index (κ2) is 8.81. The second-order valence-electron chi connectivity index (χ2n) is 5.16. The van der Waals surface area contributed by atoms with Crippen molar-refractivity contribution in [3.63, 3.8) is 0 Å². The number of rotatable bonds is 7. The van der Waals surface area contributed by atoms with Crippen LogP contribution in [0.1, 0.15) is 37.4 Å². The van der Waals surface area contributed by atoms with Gasteiger partial charge in [0.05, 0.1) is 0 Å². The molecule has 2 aromatic carbocycles. The Morgan fingerprint density at radius 3 is 2.62 bits per heavy atom. The van der Waals surface area contributed by atoms with Crippen molar-refractivity contribution in [2.75, 3.05) is 6.54 Å². The van der Waals surface area contributed by atoms with E-state index in [1.54, 1.807) is 0 Å². The molecule has 0 fully saturated rings.